The van der Waals surface area contributed by atoms with E-state index in [0.29, 0.717) is 8.87 Å². The van der Waals surface area contributed by atoms with Gasteiger partial charge in [-0.25, -0.2) is 0 Å². The van der Waals surface area contributed by atoms with Crippen LogP contribution < -0.4 is 0 Å². The van der Waals surface area contributed by atoms with Gasteiger partial charge in [-0.05, 0) is 0 Å². The van der Waals surface area contributed by atoms with Crippen LogP contribution in [0.15, 0.2) is 0 Å². The molecule has 0 aromatic rings. The minimum atomic E-state index is -4.38. The Morgan fingerprint density at radius 1 is 0.452 bits per heavy atom. The fourth-order valence-electron chi connectivity index (χ4n) is 6.02. The van der Waals surface area contributed by atoms with E-state index < -0.39 is 89.6 Å². The quantitative estimate of drug-likeness (QED) is 0.286. The Balaban J connectivity index is 1.87. The predicted molar refractivity (Wildman–Crippen MR) is 167 cm³/mol. The second-order valence-electron chi connectivity index (χ2n) is 11.5. The molecule has 6 saturated heterocycles. The SMILES string of the molecule is CC#C[Si]12O[Si]3(C)O[Si]4(C)O[Si]5(C)O[Si](C)(O3)O[Si](C#CC)(O[Si](C)(O5)O[Si](C)(O4)O1)[O][Sn]([CH2]CCC)([CH2]CCC)[O]2. The molecule has 236 valence electrons. The second kappa shape index (κ2) is 11.7. The number of hydrogen-bond donors (Lipinski definition) is 0. The molecule has 0 aromatic heterocycles. The summed E-state index contributed by atoms with van der Waals surface area (Å²) in [5.41, 5.74) is 6.46. The van der Waals surface area contributed by atoms with Gasteiger partial charge in [0.05, 0.1) is 0 Å². The first kappa shape index (κ1) is 34.5. The van der Waals surface area contributed by atoms with Crippen molar-refractivity contribution in [3.8, 4) is 22.9 Å². The zero-order chi connectivity index (χ0) is 30.8. The summed E-state index contributed by atoms with van der Waals surface area (Å²) in [7, 11) is -30.6. The van der Waals surface area contributed by atoms with E-state index >= 15 is 0 Å². The van der Waals surface area contributed by atoms with Gasteiger partial charge in [-0.3, -0.25) is 0 Å². The van der Waals surface area contributed by atoms with Crippen LogP contribution in [0.5, 0.6) is 0 Å². The minimum absolute atomic E-state index is 0.700. The van der Waals surface area contributed by atoms with Gasteiger partial charge in [0.15, 0.2) is 0 Å². The molecule has 6 aliphatic heterocycles. The number of hydrogen-bond acceptors (Lipinski definition) is 13. The molecular formula is C20H42O13Si8Sn. The van der Waals surface area contributed by atoms with Gasteiger partial charge in [0, 0.05) is 0 Å². The van der Waals surface area contributed by atoms with Crippen molar-refractivity contribution in [3.05, 3.63) is 0 Å². The van der Waals surface area contributed by atoms with Crippen molar-refractivity contribution in [3.63, 3.8) is 0 Å². The molecule has 6 heterocycles. The Morgan fingerprint density at radius 3 is 0.952 bits per heavy atom. The van der Waals surface area contributed by atoms with Crippen molar-refractivity contribution in [2.45, 2.75) is 102 Å². The summed E-state index contributed by atoms with van der Waals surface area (Å²) in [5.74, 6) is 6.04. The summed E-state index contributed by atoms with van der Waals surface area (Å²) >= 11 is -4.38. The van der Waals surface area contributed by atoms with Crippen LogP contribution in [0.4, 0.5) is 0 Å². The molecule has 0 aliphatic carbocycles. The molecule has 8 bridgehead atoms. The van der Waals surface area contributed by atoms with E-state index in [1.165, 1.54) is 0 Å². The molecular weight excluding hydrogens is 792 g/mol. The zero-order valence-corrected chi connectivity index (χ0v) is 36.9. The zero-order valence-electron chi connectivity index (χ0n) is 26.0. The first-order chi connectivity index (χ1) is 19.4. The normalized spacial score (nSPS) is 49.1. The summed E-state index contributed by atoms with van der Waals surface area (Å²) < 4.78 is 91.0. The van der Waals surface area contributed by atoms with Gasteiger partial charge in [0.1, 0.15) is 0 Å². The van der Waals surface area contributed by atoms with Crippen LogP contribution in [0.25, 0.3) is 0 Å². The van der Waals surface area contributed by atoms with Crippen LogP contribution in [0, 0.1) is 22.9 Å². The molecule has 6 rings (SSSR count). The Morgan fingerprint density at radius 2 is 0.714 bits per heavy atom. The molecule has 13 nitrogen and oxygen atoms in total. The third-order valence-corrected chi connectivity index (χ3v) is 57.6. The molecule has 4 unspecified atom stereocenters. The first-order valence-electron chi connectivity index (χ1n) is 14.4. The Kier molecular flexibility index (Phi) is 9.58. The monoisotopic (exact) mass is 834 g/mol. The van der Waals surface area contributed by atoms with Crippen LogP contribution in [-0.2, 0) is 50.8 Å². The summed E-state index contributed by atoms with van der Waals surface area (Å²) in [6.07, 6.45) is 3.63. The van der Waals surface area contributed by atoms with Crippen LogP contribution >= 0.6 is 0 Å². The van der Waals surface area contributed by atoms with E-state index in [4.69, 9.17) is 50.8 Å². The number of fused-ring (bicyclic) bond motifs is 2. The molecule has 4 atom stereocenters. The topological polar surface area (TPSA) is 120 Å². The summed E-state index contributed by atoms with van der Waals surface area (Å²) in [6, 6.07) is 0. The van der Waals surface area contributed by atoms with E-state index in [1.54, 1.807) is 53.1 Å². The number of unbranched alkanes of at least 4 members (excludes halogenated alkanes) is 2. The van der Waals surface area contributed by atoms with Gasteiger partial charge in [0.25, 0.3) is 0 Å². The van der Waals surface area contributed by atoms with Gasteiger partial charge in [0.2, 0.25) is 0 Å². The van der Waals surface area contributed by atoms with Crippen molar-refractivity contribution in [1.82, 2.24) is 0 Å². The van der Waals surface area contributed by atoms with Crippen LogP contribution in [0.2, 0.25) is 48.2 Å². The molecule has 0 saturated carbocycles. The third kappa shape index (κ3) is 7.02. The molecule has 0 amide bonds. The van der Waals surface area contributed by atoms with Crippen molar-refractivity contribution < 1.29 is 50.8 Å². The van der Waals surface area contributed by atoms with Crippen molar-refractivity contribution >= 4 is 89.6 Å². The molecule has 6 aliphatic rings. The van der Waals surface area contributed by atoms with Crippen LogP contribution in [0.1, 0.15) is 53.4 Å². The van der Waals surface area contributed by atoms with Crippen LogP contribution in [0.3, 0.4) is 0 Å². The average Bonchev–Trinajstić information content (AvgIpc) is 2.75. The molecule has 22 heteroatoms. The van der Waals surface area contributed by atoms with Gasteiger partial charge >= 0.3 is 265 Å². The molecule has 0 N–H and O–H groups in total. The fraction of sp³-hybridized carbons (Fsp3) is 0.800. The van der Waals surface area contributed by atoms with Crippen molar-refractivity contribution in [2.24, 2.45) is 0 Å². The average molecular weight is 834 g/mol. The Bertz CT molecular complexity index is 1080. The summed E-state index contributed by atoms with van der Waals surface area (Å²) in [5, 5.41) is 0. The van der Waals surface area contributed by atoms with Gasteiger partial charge in [-0.2, -0.15) is 0 Å². The molecule has 0 radical (unpaired) electrons. The molecule has 42 heavy (non-hydrogen) atoms. The number of rotatable bonds is 6. The predicted octanol–water partition coefficient (Wildman–Crippen LogP) is 3.73. The fourth-order valence-corrected chi connectivity index (χ4v) is 71.2. The molecule has 6 fully saturated rings. The summed E-state index contributed by atoms with van der Waals surface area (Å²) in [4.78, 5) is 0. The Hall–Kier alpha value is 1.13. The molecule has 0 aromatic carbocycles. The van der Waals surface area contributed by atoms with Gasteiger partial charge in [-0.1, -0.05) is 0 Å². The molecule has 0 spiro atoms. The third-order valence-electron chi connectivity index (χ3n) is 6.89. The summed E-state index contributed by atoms with van der Waals surface area (Å²) in [6.45, 7) is 18.3. The second-order valence-corrected chi connectivity index (χ2v) is 45.5. The Labute approximate surface area is 263 Å². The first-order valence-corrected chi connectivity index (χ1v) is 37.6. The van der Waals surface area contributed by atoms with E-state index in [-0.39, 0.29) is 0 Å². The maximum atomic E-state index is 7.28. The van der Waals surface area contributed by atoms with Gasteiger partial charge in [-0.15, -0.1) is 0 Å². The van der Waals surface area contributed by atoms with Gasteiger partial charge < -0.3 is 0 Å². The van der Waals surface area contributed by atoms with Crippen LogP contribution in [-0.4, -0.2) is 89.6 Å². The van der Waals surface area contributed by atoms with E-state index in [2.05, 4.69) is 36.8 Å². The standard InChI is InChI=1S/C12H24O13Si8.2C4H9.Sn/c1-9-11-32(13)22-28(5)16-26(3)15-27(4)18-30(7,20-28)24-33(14,12-10-2)25-31(8,19-27)21-29(6,17-26)23-32;2*1-3-4-2;/h1-8H3;2*1,3-4H2,2H3;/q-2;;;+2. The van der Waals surface area contributed by atoms with E-state index in [0.717, 1.165) is 25.7 Å². The van der Waals surface area contributed by atoms with Crippen molar-refractivity contribution in [1.29, 1.82) is 0 Å². The maximum absolute atomic E-state index is 7.28. The van der Waals surface area contributed by atoms with E-state index in [1.807, 2.05) is 0 Å². The van der Waals surface area contributed by atoms with Crippen molar-refractivity contribution in [2.75, 3.05) is 0 Å². The van der Waals surface area contributed by atoms with E-state index in [9.17, 15) is 0 Å².